The Labute approximate surface area is 103 Å². The molecule has 18 heavy (non-hydrogen) atoms. The van der Waals surface area contributed by atoms with Crippen molar-refractivity contribution in [2.75, 3.05) is 6.54 Å². The summed E-state index contributed by atoms with van der Waals surface area (Å²) in [6.45, 7) is -0.127. The standard InChI is InChI=1S/C12H12N2O4/c15-12(16)13-7-6-10(11(8-13)14(17)18)9-4-2-1-3-5-9/h1-7,10-11H,8H2,(H,15,16)/t10-,11+/m1/s1. The van der Waals surface area contributed by atoms with Crippen LogP contribution >= 0.6 is 0 Å². The van der Waals surface area contributed by atoms with Gasteiger partial charge in [0.15, 0.2) is 0 Å². The van der Waals surface area contributed by atoms with Crippen molar-refractivity contribution in [2.45, 2.75) is 12.0 Å². The van der Waals surface area contributed by atoms with Gasteiger partial charge in [-0.2, -0.15) is 0 Å². The third-order valence-corrected chi connectivity index (χ3v) is 2.97. The lowest BCUT2D eigenvalue weighted by Crippen LogP contribution is -2.43. The first kappa shape index (κ1) is 12.1. The molecule has 1 aliphatic rings. The van der Waals surface area contributed by atoms with Crippen LogP contribution in [0.25, 0.3) is 0 Å². The van der Waals surface area contributed by atoms with Crippen LogP contribution in [0.1, 0.15) is 11.5 Å². The van der Waals surface area contributed by atoms with Crippen LogP contribution in [0.3, 0.4) is 0 Å². The third kappa shape index (κ3) is 2.32. The Balaban J connectivity index is 2.32. The predicted molar refractivity (Wildman–Crippen MR) is 63.8 cm³/mol. The van der Waals surface area contributed by atoms with Crippen molar-refractivity contribution < 1.29 is 14.8 Å². The first-order valence-corrected chi connectivity index (χ1v) is 5.46. The minimum atomic E-state index is -1.18. The highest BCUT2D eigenvalue weighted by Crippen LogP contribution is 2.27. The van der Waals surface area contributed by atoms with Gasteiger partial charge < -0.3 is 5.11 Å². The fourth-order valence-electron chi connectivity index (χ4n) is 2.05. The van der Waals surface area contributed by atoms with E-state index in [-0.39, 0.29) is 6.54 Å². The van der Waals surface area contributed by atoms with E-state index in [2.05, 4.69) is 0 Å². The molecule has 0 fully saturated rings. The van der Waals surface area contributed by atoms with Crippen LogP contribution in [0.15, 0.2) is 42.6 Å². The molecule has 1 amide bonds. The SMILES string of the molecule is O=C(O)N1C=C[C@H](c2ccccc2)[C@@H]([N+](=O)[O-])C1. The van der Waals surface area contributed by atoms with Gasteiger partial charge in [0.05, 0.1) is 12.5 Å². The van der Waals surface area contributed by atoms with Gasteiger partial charge in [-0.3, -0.25) is 15.0 Å². The summed E-state index contributed by atoms with van der Waals surface area (Å²) < 4.78 is 0. The molecule has 94 valence electrons. The van der Waals surface area contributed by atoms with Crippen LogP contribution in [0.4, 0.5) is 4.79 Å². The summed E-state index contributed by atoms with van der Waals surface area (Å²) in [4.78, 5) is 22.4. The number of hydrogen-bond donors (Lipinski definition) is 1. The van der Waals surface area contributed by atoms with E-state index in [0.29, 0.717) is 0 Å². The summed E-state index contributed by atoms with van der Waals surface area (Å²) >= 11 is 0. The smallest absolute Gasteiger partial charge is 0.411 e. The van der Waals surface area contributed by atoms with E-state index in [4.69, 9.17) is 5.11 Å². The average Bonchev–Trinajstić information content (AvgIpc) is 2.39. The quantitative estimate of drug-likeness (QED) is 0.640. The van der Waals surface area contributed by atoms with E-state index in [0.717, 1.165) is 10.5 Å². The summed E-state index contributed by atoms with van der Waals surface area (Å²) in [6, 6.07) is 8.12. The van der Waals surface area contributed by atoms with E-state index >= 15 is 0 Å². The molecule has 1 N–H and O–H groups in total. The Morgan fingerprint density at radius 1 is 1.39 bits per heavy atom. The van der Waals surface area contributed by atoms with E-state index in [9.17, 15) is 14.9 Å². The molecule has 0 bridgehead atoms. The molecule has 2 atom stereocenters. The lowest BCUT2D eigenvalue weighted by Gasteiger charge is -2.27. The van der Waals surface area contributed by atoms with Gasteiger partial charge >= 0.3 is 6.09 Å². The van der Waals surface area contributed by atoms with Crippen molar-refractivity contribution in [2.24, 2.45) is 0 Å². The maximum absolute atomic E-state index is 11.1. The lowest BCUT2D eigenvalue weighted by molar-refractivity contribution is -0.525. The number of rotatable bonds is 2. The first-order valence-electron chi connectivity index (χ1n) is 5.46. The topological polar surface area (TPSA) is 83.7 Å². The molecule has 1 heterocycles. The number of benzene rings is 1. The van der Waals surface area contributed by atoms with Gasteiger partial charge in [-0.1, -0.05) is 36.4 Å². The molecular weight excluding hydrogens is 236 g/mol. The highest BCUT2D eigenvalue weighted by molar-refractivity contribution is 5.66. The van der Waals surface area contributed by atoms with Gasteiger partial charge in [0.2, 0.25) is 6.04 Å². The van der Waals surface area contributed by atoms with Crippen LogP contribution < -0.4 is 0 Å². The second kappa shape index (κ2) is 4.87. The fraction of sp³-hybridized carbons (Fsp3) is 0.250. The van der Waals surface area contributed by atoms with Gasteiger partial charge in [0.25, 0.3) is 0 Å². The Bertz CT molecular complexity index is 486. The monoisotopic (exact) mass is 248 g/mol. The molecule has 1 aliphatic heterocycles. The zero-order valence-corrected chi connectivity index (χ0v) is 9.47. The number of carboxylic acid groups (broad SMARTS) is 1. The second-order valence-electron chi connectivity index (χ2n) is 4.07. The minimum absolute atomic E-state index is 0.127. The summed E-state index contributed by atoms with van der Waals surface area (Å²) in [5.74, 6) is -0.392. The van der Waals surface area contributed by atoms with Gasteiger partial charge in [-0.15, -0.1) is 0 Å². The highest BCUT2D eigenvalue weighted by atomic mass is 16.6. The Morgan fingerprint density at radius 3 is 2.61 bits per heavy atom. The van der Waals surface area contributed by atoms with E-state index in [1.807, 2.05) is 30.3 Å². The predicted octanol–water partition coefficient (Wildman–Crippen LogP) is 1.92. The zero-order valence-electron chi connectivity index (χ0n) is 9.47. The van der Waals surface area contributed by atoms with Gasteiger partial charge in [-0.05, 0) is 5.56 Å². The van der Waals surface area contributed by atoms with E-state index < -0.39 is 23.0 Å². The molecule has 0 saturated carbocycles. The molecule has 0 radical (unpaired) electrons. The van der Waals surface area contributed by atoms with Crippen molar-refractivity contribution in [1.82, 2.24) is 4.90 Å². The van der Waals surface area contributed by atoms with Gasteiger partial charge in [0.1, 0.15) is 0 Å². The number of nitro groups is 1. The molecule has 2 rings (SSSR count). The molecule has 6 nitrogen and oxygen atoms in total. The van der Waals surface area contributed by atoms with Crippen molar-refractivity contribution in [1.29, 1.82) is 0 Å². The molecule has 0 unspecified atom stereocenters. The third-order valence-electron chi connectivity index (χ3n) is 2.97. The summed E-state index contributed by atoms with van der Waals surface area (Å²) in [7, 11) is 0. The highest BCUT2D eigenvalue weighted by Gasteiger charge is 2.36. The zero-order chi connectivity index (χ0) is 13.1. The summed E-state index contributed by atoms with van der Waals surface area (Å²) in [5, 5.41) is 19.9. The van der Waals surface area contributed by atoms with Crippen LogP contribution in [-0.2, 0) is 0 Å². The van der Waals surface area contributed by atoms with E-state index in [1.54, 1.807) is 6.08 Å². The fourth-order valence-corrected chi connectivity index (χ4v) is 2.05. The molecule has 1 aromatic carbocycles. The Kier molecular flexibility index (Phi) is 3.27. The number of hydrogen-bond acceptors (Lipinski definition) is 3. The summed E-state index contributed by atoms with van der Waals surface area (Å²) in [6.07, 6.45) is 1.78. The molecule has 6 heteroatoms. The number of nitrogens with zero attached hydrogens (tertiary/aromatic N) is 2. The molecule has 0 spiro atoms. The van der Waals surface area contributed by atoms with Crippen LogP contribution in [0.2, 0.25) is 0 Å². The van der Waals surface area contributed by atoms with Gasteiger partial charge in [-0.25, -0.2) is 4.79 Å². The first-order chi connectivity index (χ1) is 8.59. The van der Waals surface area contributed by atoms with Crippen LogP contribution in [0.5, 0.6) is 0 Å². The van der Waals surface area contributed by atoms with Crippen molar-refractivity contribution in [3.05, 3.63) is 58.3 Å². The van der Waals surface area contributed by atoms with Crippen LogP contribution in [0, 0.1) is 10.1 Å². The summed E-state index contributed by atoms with van der Waals surface area (Å²) in [5.41, 5.74) is 0.820. The number of amides is 1. The van der Waals surface area contributed by atoms with Gasteiger partial charge in [0, 0.05) is 11.1 Å². The lowest BCUT2D eigenvalue weighted by atomic mass is 9.89. The average molecular weight is 248 g/mol. The second-order valence-corrected chi connectivity index (χ2v) is 4.07. The molecular formula is C12H12N2O4. The normalized spacial score (nSPS) is 22.8. The van der Waals surface area contributed by atoms with Crippen molar-refractivity contribution in [3.8, 4) is 0 Å². The Morgan fingerprint density at radius 2 is 2.06 bits per heavy atom. The van der Waals surface area contributed by atoms with Crippen LogP contribution in [-0.4, -0.2) is 33.6 Å². The number of carbonyl (C=O) groups is 1. The largest absolute Gasteiger partial charge is 0.465 e. The molecule has 0 aromatic heterocycles. The molecule has 0 aliphatic carbocycles. The Hall–Kier alpha value is -2.37. The van der Waals surface area contributed by atoms with Crippen molar-refractivity contribution >= 4 is 6.09 Å². The van der Waals surface area contributed by atoms with E-state index in [1.165, 1.54) is 6.20 Å². The van der Waals surface area contributed by atoms with Crippen molar-refractivity contribution in [3.63, 3.8) is 0 Å². The maximum Gasteiger partial charge on any atom is 0.411 e. The minimum Gasteiger partial charge on any atom is -0.465 e. The molecule has 1 aromatic rings. The maximum atomic E-state index is 11.1. The molecule has 0 saturated heterocycles.